The molecule has 0 aliphatic carbocycles. The van der Waals surface area contributed by atoms with E-state index >= 15 is 0 Å². The summed E-state index contributed by atoms with van der Waals surface area (Å²) in [5.74, 6) is -1.49. The molecule has 0 bridgehead atoms. The topological polar surface area (TPSA) is 66.8 Å². The Morgan fingerprint density at radius 2 is 2.00 bits per heavy atom. The van der Waals surface area contributed by atoms with Crippen molar-refractivity contribution in [3.05, 3.63) is 34.3 Å². The Morgan fingerprint density at radius 3 is 2.53 bits per heavy atom. The maximum absolute atomic E-state index is 11.2. The molecule has 5 heteroatoms. The fraction of sp³-hybridized carbons (Fsp3) is 0.500. The highest BCUT2D eigenvalue weighted by Gasteiger charge is 2.22. The van der Waals surface area contributed by atoms with Gasteiger partial charge >= 0.3 is 5.97 Å². The minimum Gasteiger partial charge on any atom is -0.481 e. The van der Waals surface area contributed by atoms with E-state index in [0.717, 1.165) is 10.0 Å². The average Bonchev–Trinajstić information content (AvgIpc) is 2.38. The van der Waals surface area contributed by atoms with Gasteiger partial charge in [-0.15, -0.1) is 0 Å². The second-order valence-corrected chi connectivity index (χ2v) is 5.33. The molecule has 0 saturated carbocycles. The third-order valence-corrected chi connectivity index (χ3v) is 3.34. The van der Waals surface area contributed by atoms with Crippen LogP contribution in [0, 0.1) is 5.92 Å². The quantitative estimate of drug-likeness (QED) is 0.768. The van der Waals surface area contributed by atoms with Gasteiger partial charge in [-0.05, 0) is 37.5 Å². The SMILES string of the molecule is CCOCC(O)CC(Cc1ccc(Br)cc1)C(=O)O. The van der Waals surface area contributed by atoms with E-state index < -0.39 is 18.0 Å². The highest BCUT2D eigenvalue weighted by molar-refractivity contribution is 9.10. The lowest BCUT2D eigenvalue weighted by molar-refractivity contribution is -0.143. The first kappa shape index (κ1) is 16.1. The van der Waals surface area contributed by atoms with E-state index in [1.54, 1.807) is 0 Å². The second-order valence-electron chi connectivity index (χ2n) is 4.41. The molecule has 0 radical (unpaired) electrons. The summed E-state index contributed by atoms with van der Waals surface area (Å²) in [6, 6.07) is 7.53. The maximum atomic E-state index is 11.2. The first-order valence-electron chi connectivity index (χ1n) is 6.26. The van der Waals surface area contributed by atoms with Gasteiger partial charge in [-0.2, -0.15) is 0 Å². The molecule has 0 aromatic heterocycles. The van der Waals surface area contributed by atoms with E-state index in [9.17, 15) is 15.0 Å². The fourth-order valence-electron chi connectivity index (χ4n) is 1.83. The first-order valence-corrected chi connectivity index (χ1v) is 7.05. The van der Waals surface area contributed by atoms with Gasteiger partial charge in [0, 0.05) is 11.1 Å². The smallest absolute Gasteiger partial charge is 0.306 e. The lowest BCUT2D eigenvalue weighted by atomic mass is 9.94. The van der Waals surface area contributed by atoms with Crippen molar-refractivity contribution in [2.75, 3.05) is 13.2 Å². The Labute approximate surface area is 121 Å². The molecule has 0 aliphatic heterocycles. The summed E-state index contributed by atoms with van der Waals surface area (Å²) in [5.41, 5.74) is 0.944. The number of aliphatic hydroxyl groups is 1. The zero-order chi connectivity index (χ0) is 14.3. The molecule has 0 aliphatic rings. The monoisotopic (exact) mass is 330 g/mol. The Balaban J connectivity index is 2.57. The molecule has 0 spiro atoms. The summed E-state index contributed by atoms with van der Waals surface area (Å²) in [7, 11) is 0. The van der Waals surface area contributed by atoms with Gasteiger partial charge < -0.3 is 14.9 Å². The summed E-state index contributed by atoms with van der Waals surface area (Å²) in [4.78, 5) is 11.2. The fourth-order valence-corrected chi connectivity index (χ4v) is 2.09. The van der Waals surface area contributed by atoms with Gasteiger partial charge in [-0.25, -0.2) is 0 Å². The van der Waals surface area contributed by atoms with Gasteiger partial charge in [0.25, 0.3) is 0 Å². The van der Waals surface area contributed by atoms with Gasteiger partial charge in [0.15, 0.2) is 0 Å². The number of carboxylic acid groups (broad SMARTS) is 1. The molecule has 2 atom stereocenters. The number of hydrogen-bond donors (Lipinski definition) is 2. The number of carboxylic acids is 1. The normalized spacial score (nSPS) is 14.1. The minimum atomic E-state index is -0.890. The number of rotatable bonds is 8. The number of aliphatic carboxylic acids is 1. The van der Waals surface area contributed by atoms with Gasteiger partial charge in [0.05, 0.1) is 18.6 Å². The average molecular weight is 331 g/mol. The summed E-state index contributed by atoms with van der Waals surface area (Å²) in [6.07, 6.45) is -0.131. The predicted molar refractivity (Wildman–Crippen MR) is 76.1 cm³/mol. The van der Waals surface area contributed by atoms with Crippen LogP contribution in [0.5, 0.6) is 0 Å². The Bertz CT molecular complexity index is 391. The zero-order valence-corrected chi connectivity index (χ0v) is 12.5. The van der Waals surface area contributed by atoms with Crippen LogP contribution >= 0.6 is 15.9 Å². The number of halogens is 1. The van der Waals surface area contributed by atoms with Crippen molar-refractivity contribution in [3.8, 4) is 0 Å². The van der Waals surface area contributed by atoms with Crippen molar-refractivity contribution in [2.24, 2.45) is 5.92 Å². The molecule has 0 saturated heterocycles. The molecular weight excluding hydrogens is 312 g/mol. The first-order chi connectivity index (χ1) is 9.02. The predicted octanol–water partition coefficient (Wildman–Crippen LogP) is 2.48. The Hall–Kier alpha value is -0.910. The van der Waals surface area contributed by atoms with Crippen molar-refractivity contribution >= 4 is 21.9 Å². The van der Waals surface area contributed by atoms with E-state index in [1.165, 1.54) is 0 Å². The van der Waals surface area contributed by atoms with Crippen molar-refractivity contribution in [1.29, 1.82) is 0 Å². The van der Waals surface area contributed by atoms with Gasteiger partial charge in [0.1, 0.15) is 0 Å². The molecule has 1 rings (SSSR count). The molecule has 106 valence electrons. The highest BCUT2D eigenvalue weighted by Crippen LogP contribution is 2.17. The van der Waals surface area contributed by atoms with Crippen molar-refractivity contribution < 1.29 is 19.7 Å². The molecule has 0 amide bonds. The number of ether oxygens (including phenoxy) is 1. The summed E-state index contributed by atoms with van der Waals surface area (Å²) in [5, 5.41) is 18.9. The standard InChI is InChI=1S/C14H19BrO4/c1-2-19-9-13(16)8-11(14(17)18)7-10-3-5-12(15)6-4-10/h3-6,11,13,16H,2,7-9H2,1H3,(H,17,18). The third-order valence-electron chi connectivity index (χ3n) is 2.82. The number of hydrogen-bond acceptors (Lipinski definition) is 3. The van der Waals surface area contributed by atoms with Crippen molar-refractivity contribution in [1.82, 2.24) is 0 Å². The van der Waals surface area contributed by atoms with Crippen LogP contribution in [-0.2, 0) is 16.0 Å². The van der Waals surface area contributed by atoms with Crippen LogP contribution in [0.3, 0.4) is 0 Å². The molecule has 19 heavy (non-hydrogen) atoms. The minimum absolute atomic E-state index is 0.181. The number of aliphatic hydroxyl groups excluding tert-OH is 1. The van der Waals surface area contributed by atoms with Crippen LogP contribution in [0.1, 0.15) is 18.9 Å². The summed E-state index contributed by atoms with van der Waals surface area (Å²) >= 11 is 3.34. The molecule has 2 unspecified atom stereocenters. The van der Waals surface area contributed by atoms with Crippen LogP contribution in [0.25, 0.3) is 0 Å². The molecule has 2 N–H and O–H groups in total. The third kappa shape index (κ3) is 6.18. The number of benzene rings is 1. The van der Waals surface area contributed by atoms with E-state index in [1.807, 2.05) is 31.2 Å². The Kier molecular flexibility index (Phi) is 7.05. The molecule has 0 fully saturated rings. The number of carbonyl (C=O) groups is 1. The van der Waals surface area contributed by atoms with Crippen LogP contribution < -0.4 is 0 Å². The molecule has 0 heterocycles. The second kappa shape index (κ2) is 8.30. The van der Waals surface area contributed by atoms with Gasteiger partial charge in [-0.1, -0.05) is 28.1 Å². The van der Waals surface area contributed by atoms with Crippen LogP contribution in [-0.4, -0.2) is 35.5 Å². The van der Waals surface area contributed by atoms with Crippen molar-refractivity contribution in [2.45, 2.75) is 25.9 Å². The van der Waals surface area contributed by atoms with Gasteiger partial charge in [0.2, 0.25) is 0 Å². The molecule has 1 aromatic rings. The molecular formula is C14H19BrO4. The largest absolute Gasteiger partial charge is 0.481 e. The maximum Gasteiger partial charge on any atom is 0.306 e. The lowest BCUT2D eigenvalue weighted by Gasteiger charge is -2.17. The van der Waals surface area contributed by atoms with Crippen LogP contribution in [0.15, 0.2) is 28.7 Å². The molecule has 4 nitrogen and oxygen atoms in total. The summed E-state index contributed by atoms with van der Waals surface area (Å²) < 4.78 is 6.05. The zero-order valence-electron chi connectivity index (χ0n) is 10.9. The van der Waals surface area contributed by atoms with E-state index in [2.05, 4.69) is 15.9 Å². The Morgan fingerprint density at radius 1 is 1.37 bits per heavy atom. The van der Waals surface area contributed by atoms with E-state index in [4.69, 9.17) is 4.74 Å². The van der Waals surface area contributed by atoms with Gasteiger partial charge in [-0.3, -0.25) is 4.79 Å². The summed E-state index contributed by atoms with van der Waals surface area (Å²) in [6.45, 7) is 2.53. The lowest BCUT2D eigenvalue weighted by Crippen LogP contribution is -2.25. The van der Waals surface area contributed by atoms with E-state index in [0.29, 0.717) is 13.0 Å². The van der Waals surface area contributed by atoms with E-state index in [-0.39, 0.29) is 13.0 Å². The van der Waals surface area contributed by atoms with Crippen LogP contribution in [0.2, 0.25) is 0 Å². The molecule has 1 aromatic carbocycles. The van der Waals surface area contributed by atoms with Crippen LogP contribution in [0.4, 0.5) is 0 Å². The highest BCUT2D eigenvalue weighted by atomic mass is 79.9. The van der Waals surface area contributed by atoms with Crippen molar-refractivity contribution in [3.63, 3.8) is 0 Å².